The van der Waals surface area contributed by atoms with Crippen LogP contribution in [0.2, 0.25) is 10.0 Å². The summed E-state index contributed by atoms with van der Waals surface area (Å²) in [5, 5.41) is 4.22. The normalized spacial score (nSPS) is 10.4. The van der Waals surface area contributed by atoms with Crippen LogP contribution in [0.15, 0.2) is 18.2 Å². The van der Waals surface area contributed by atoms with Gasteiger partial charge in [-0.25, -0.2) is 0 Å². The van der Waals surface area contributed by atoms with Gasteiger partial charge in [0.15, 0.2) is 0 Å². The molecule has 0 spiro atoms. The van der Waals surface area contributed by atoms with Crippen molar-refractivity contribution < 1.29 is 4.79 Å². The van der Waals surface area contributed by atoms with E-state index in [9.17, 15) is 4.79 Å². The van der Waals surface area contributed by atoms with Crippen molar-refractivity contribution in [2.45, 2.75) is 19.4 Å². The van der Waals surface area contributed by atoms with Crippen molar-refractivity contribution in [1.82, 2.24) is 10.2 Å². The summed E-state index contributed by atoms with van der Waals surface area (Å²) in [6.45, 7) is 1.36. The summed E-state index contributed by atoms with van der Waals surface area (Å²) in [5.74, 6) is 0.122. The van der Waals surface area contributed by atoms with Crippen LogP contribution in [0.5, 0.6) is 0 Å². The third kappa shape index (κ3) is 4.84. The van der Waals surface area contributed by atoms with Crippen molar-refractivity contribution in [1.29, 1.82) is 0 Å². The molecule has 0 unspecified atom stereocenters. The Bertz CT molecular complexity index is 410. The van der Waals surface area contributed by atoms with Gasteiger partial charge in [-0.15, -0.1) is 0 Å². The molecule has 1 rings (SSSR count). The highest BCUT2D eigenvalue weighted by molar-refractivity contribution is 6.35. The van der Waals surface area contributed by atoms with Gasteiger partial charge in [0, 0.05) is 30.1 Å². The number of nitrogens with one attached hydrogen (secondary N) is 1. The van der Waals surface area contributed by atoms with E-state index in [1.54, 1.807) is 24.1 Å². The molecule has 0 aliphatic carbocycles. The second-order valence-corrected chi connectivity index (χ2v) is 5.04. The molecule has 0 saturated carbocycles. The molecule has 1 N–H and O–H groups in total. The molecule has 0 saturated heterocycles. The van der Waals surface area contributed by atoms with Crippen LogP contribution in [0.3, 0.4) is 0 Å². The van der Waals surface area contributed by atoms with E-state index in [1.807, 2.05) is 13.1 Å². The average Bonchev–Trinajstić information content (AvgIpc) is 2.32. The van der Waals surface area contributed by atoms with Gasteiger partial charge in [-0.2, -0.15) is 0 Å². The molecule has 0 fully saturated rings. The molecule has 0 radical (unpaired) electrons. The fourth-order valence-corrected chi connectivity index (χ4v) is 2.07. The highest BCUT2D eigenvalue weighted by Gasteiger charge is 2.10. The van der Waals surface area contributed by atoms with E-state index in [1.165, 1.54) is 0 Å². The van der Waals surface area contributed by atoms with Gasteiger partial charge in [0.05, 0.1) is 0 Å². The van der Waals surface area contributed by atoms with Gasteiger partial charge in [-0.05, 0) is 37.7 Å². The third-order valence-corrected chi connectivity index (χ3v) is 3.25. The van der Waals surface area contributed by atoms with E-state index >= 15 is 0 Å². The minimum atomic E-state index is 0.122. The molecule has 0 heterocycles. The maximum Gasteiger partial charge on any atom is 0.222 e. The first-order valence-corrected chi connectivity index (χ1v) is 6.62. The molecule has 0 aliphatic heterocycles. The molecular weight excluding hydrogens is 271 g/mol. The Kier molecular flexibility index (Phi) is 6.47. The van der Waals surface area contributed by atoms with Gasteiger partial charge in [-0.1, -0.05) is 29.3 Å². The highest BCUT2D eigenvalue weighted by atomic mass is 35.5. The highest BCUT2D eigenvalue weighted by Crippen LogP contribution is 2.22. The van der Waals surface area contributed by atoms with E-state index in [2.05, 4.69) is 5.32 Å². The fraction of sp³-hybridized carbons (Fsp3) is 0.462. The van der Waals surface area contributed by atoms with Crippen molar-refractivity contribution in [3.05, 3.63) is 33.8 Å². The number of amides is 1. The predicted molar refractivity (Wildman–Crippen MR) is 76.1 cm³/mol. The Morgan fingerprint density at radius 2 is 2.11 bits per heavy atom. The molecule has 0 atom stereocenters. The predicted octanol–water partition coefficient (Wildman–Crippen LogP) is 2.95. The SMILES string of the molecule is CNCCCC(=O)N(C)Cc1ccc(Cl)cc1Cl. The van der Waals surface area contributed by atoms with Gasteiger partial charge >= 0.3 is 0 Å². The summed E-state index contributed by atoms with van der Waals surface area (Å²) in [6, 6.07) is 5.32. The third-order valence-electron chi connectivity index (χ3n) is 2.67. The number of rotatable bonds is 6. The molecular formula is C13H18Cl2N2O. The Balaban J connectivity index is 2.53. The quantitative estimate of drug-likeness (QED) is 0.817. The Hall–Kier alpha value is -0.770. The summed E-state index contributed by atoms with van der Waals surface area (Å²) in [6.07, 6.45) is 1.39. The average molecular weight is 289 g/mol. The van der Waals surface area contributed by atoms with Crippen LogP contribution in [-0.4, -0.2) is 31.4 Å². The summed E-state index contributed by atoms with van der Waals surface area (Å²) in [7, 11) is 3.66. The van der Waals surface area contributed by atoms with E-state index in [0.29, 0.717) is 23.0 Å². The summed E-state index contributed by atoms with van der Waals surface area (Å²) < 4.78 is 0. The molecule has 100 valence electrons. The van der Waals surface area contributed by atoms with Crippen molar-refractivity contribution >= 4 is 29.1 Å². The van der Waals surface area contributed by atoms with Crippen molar-refractivity contribution in [2.24, 2.45) is 0 Å². The van der Waals surface area contributed by atoms with E-state index in [-0.39, 0.29) is 5.91 Å². The summed E-state index contributed by atoms with van der Waals surface area (Å²) in [4.78, 5) is 13.5. The zero-order valence-corrected chi connectivity index (χ0v) is 12.2. The molecule has 1 amide bonds. The lowest BCUT2D eigenvalue weighted by Crippen LogP contribution is -2.26. The lowest BCUT2D eigenvalue weighted by atomic mass is 10.2. The minimum absolute atomic E-state index is 0.122. The fourth-order valence-electron chi connectivity index (χ4n) is 1.60. The molecule has 1 aromatic carbocycles. The van der Waals surface area contributed by atoms with Gasteiger partial charge in [0.25, 0.3) is 0 Å². The second-order valence-electron chi connectivity index (χ2n) is 4.19. The Labute approximate surface area is 118 Å². The van der Waals surface area contributed by atoms with Gasteiger partial charge < -0.3 is 10.2 Å². The number of carbonyl (C=O) groups excluding carboxylic acids is 1. The minimum Gasteiger partial charge on any atom is -0.341 e. The first-order valence-electron chi connectivity index (χ1n) is 5.87. The number of benzene rings is 1. The number of carbonyl (C=O) groups is 1. The zero-order chi connectivity index (χ0) is 13.5. The molecule has 0 aromatic heterocycles. The molecule has 1 aromatic rings. The smallest absolute Gasteiger partial charge is 0.222 e. The first-order chi connectivity index (χ1) is 8.54. The van der Waals surface area contributed by atoms with E-state index < -0.39 is 0 Å². The van der Waals surface area contributed by atoms with Crippen LogP contribution in [0.1, 0.15) is 18.4 Å². The van der Waals surface area contributed by atoms with Crippen LogP contribution in [0.4, 0.5) is 0 Å². The van der Waals surface area contributed by atoms with Gasteiger partial charge in [0.1, 0.15) is 0 Å². The van der Waals surface area contributed by atoms with Crippen LogP contribution < -0.4 is 5.32 Å². The maximum absolute atomic E-state index is 11.8. The summed E-state index contributed by atoms with van der Waals surface area (Å²) >= 11 is 11.9. The maximum atomic E-state index is 11.8. The van der Waals surface area contributed by atoms with E-state index in [0.717, 1.165) is 18.5 Å². The number of nitrogens with zero attached hydrogens (tertiary/aromatic N) is 1. The second kappa shape index (κ2) is 7.62. The standard InChI is InChI=1S/C13H18Cl2N2O/c1-16-7-3-4-13(18)17(2)9-10-5-6-11(14)8-12(10)15/h5-6,8,16H,3-4,7,9H2,1-2H3. The Morgan fingerprint density at radius 1 is 1.39 bits per heavy atom. The topological polar surface area (TPSA) is 32.3 Å². The van der Waals surface area contributed by atoms with Gasteiger partial charge in [-0.3, -0.25) is 4.79 Å². The lowest BCUT2D eigenvalue weighted by molar-refractivity contribution is -0.130. The molecule has 5 heteroatoms. The van der Waals surface area contributed by atoms with Crippen LogP contribution >= 0.6 is 23.2 Å². The Morgan fingerprint density at radius 3 is 2.72 bits per heavy atom. The first kappa shape index (κ1) is 15.3. The lowest BCUT2D eigenvalue weighted by Gasteiger charge is -2.18. The zero-order valence-electron chi connectivity index (χ0n) is 10.7. The molecule has 0 bridgehead atoms. The van der Waals surface area contributed by atoms with Crippen LogP contribution in [0, 0.1) is 0 Å². The number of hydrogen-bond acceptors (Lipinski definition) is 2. The van der Waals surface area contributed by atoms with Gasteiger partial charge in [0.2, 0.25) is 5.91 Å². The van der Waals surface area contributed by atoms with Crippen molar-refractivity contribution in [3.63, 3.8) is 0 Å². The van der Waals surface area contributed by atoms with Crippen LogP contribution in [0.25, 0.3) is 0 Å². The monoisotopic (exact) mass is 288 g/mol. The number of halogens is 2. The molecule has 18 heavy (non-hydrogen) atoms. The molecule has 3 nitrogen and oxygen atoms in total. The van der Waals surface area contributed by atoms with Crippen LogP contribution in [-0.2, 0) is 11.3 Å². The summed E-state index contributed by atoms with van der Waals surface area (Å²) in [5.41, 5.74) is 0.908. The largest absolute Gasteiger partial charge is 0.341 e. The van der Waals surface area contributed by atoms with Crippen molar-refractivity contribution in [3.8, 4) is 0 Å². The molecule has 0 aliphatic rings. The van der Waals surface area contributed by atoms with Crippen molar-refractivity contribution in [2.75, 3.05) is 20.6 Å². The van der Waals surface area contributed by atoms with E-state index in [4.69, 9.17) is 23.2 Å². The number of hydrogen-bond donors (Lipinski definition) is 1.